The standard InChI is InChI=1S/C23H25N5O2S/c1-14-25-13-26-28(14)12-11-23(15-5-3-2-4-6-15)10-9-17-18(22(30)27-16-7-8-16)21(24)31-19(17)20(23)29/h2-6,13,16H,7-12,24H2,1H3,(H,27,30). The lowest BCUT2D eigenvalue weighted by Crippen LogP contribution is -2.41. The summed E-state index contributed by atoms with van der Waals surface area (Å²) >= 11 is 1.26. The van der Waals surface area contributed by atoms with Gasteiger partial charge >= 0.3 is 0 Å². The van der Waals surface area contributed by atoms with Crippen molar-refractivity contribution in [1.82, 2.24) is 20.1 Å². The van der Waals surface area contributed by atoms with Crippen molar-refractivity contribution >= 4 is 28.0 Å². The minimum atomic E-state index is -0.672. The summed E-state index contributed by atoms with van der Waals surface area (Å²) in [4.78, 5) is 31.6. The quantitative estimate of drug-likeness (QED) is 0.619. The third-order valence-corrected chi connectivity index (χ3v) is 7.56. The number of rotatable bonds is 6. The smallest absolute Gasteiger partial charge is 0.254 e. The maximum Gasteiger partial charge on any atom is 0.254 e. The highest BCUT2D eigenvalue weighted by atomic mass is 32.1. The van der Waals surface area contributed by atoms with Crippen molar-refractivity contribution in [1.29, 1.82) is 0 Å². The molecule has 1 atom stereocenters. The summed E-state index contributed by atoms with van der Waals surface area (Å²) in [5.74, 6) is 0.738. The molecule has 160 valence electrons. The number of carbonyl (C=O) groups excluding carboxylic acids is 2. The van der Waals surface area contributed by atoms with Crippen LogP contribution in [0, 0.1) is 6.92 Å². The molecule has 3 aromatic rings. The first-order valence-electron chi connectivity index (χ1n) is 10.7. The van der Waals surface area contributed by atoms with Gasteiger partial charge in [0.25, 0.3) is 5.91 Å². The lowest BCUT2D eigenvalue weighted by atomic mass is 9.66. The van der Waals surface area contributed by atoms with Crippen LogP contribution in [0.1, 0.15) is 62.7 Å². The normalized spacial score (nSPS) is 20.5. The van der Waals surface area contributed by atoms with Crippen molar-refractivity contribution in [3.63, 3.8) is 0 Å². The van der Waals surface area contributed by atoms with Gasteiger partial charge in [0.05, 0.1) is 20.9 Å². The molecule has 2 heterocycles. The molecule has 1 fully saturated rings. The van der Waals surface area contributed by atoms with E-state index in [2.05, 4.69) is 15.4 Å². The summed E-state index contributed by atoms with van der Waals surface area (Å²) in [6.45, 7) is 2.51. The molecule has 1 aromatic carbocycles. The van der Waals surface area contributed by atoms with E-state index in [1.54, 1.807) is 0 Å². The average molecular weight is 436 g/mol. The third-order valence-electron chi connectivity index (χ3n) is 6.50. The highest BCUT2D eigenvalue weighted by molar-refractivity contribution is 7.18. The van der Waals surface area contributed by atoms with Gasteiger partial charge in [-0.15, -0.1) is 11.3 Å². The zero-order chi connectivity index (χ0) is 21.6. The van der Waals surface area contributed by atoms with E-state index in [0.717, 1.165) is 29.8 Å². The molecule has 5 rings (SSSR count). The van der Waals surface area contributed by atoms with Gasteiger partial charge in [0, 0.05) is 12.6 Å². The van der Waals surface area contributed by atoms with Gasteiger partial charge in [-0.25, -0.2) is 4.98 Å². The summed E-state index contributed by atoms with van der Waals surface area (Å²) in [6.07, 6.45) is 5.45. The molecule has 2 aliphatic rings. The molecule has 0 saturated heterocycles. The van der Waals surface area contributed by atoms with Gasteiger partial charge in [-0.05, 0) is 50.2 Å². The van der Waals surface area contributed by atoms with Crippen LogP contribution in [0.15, 0.2) is 36.7 Å². The Morgan fingerprint density at radius 1 is 1.32 bits per heavy atom. The third kappa shape index (κ3) is 3.44. The number of hydrogen-bond donors (Lipinski definition) is 2. The summed E-state index contributed by atoms with van der Waals surface area (Å²) in [7, 11) is 0. The lowest BCUT2D eigenvalue weighted by Gasteiger charge is -2.36. The molecule has 0 bridgehead atoms. The number of hydrogen-bond acceptors (Lipinski definition) is 6. The number of amides is 1. The summed E-state index contributed by atoms with van der Waals surface area (Å²) in [5, 5.41) is 7.75. The van der Waals surface area contributed by atoms with E-state index in [0.29, 0.717) is 41.2 Å². The van der Waals surface area contributed by atoms with Crippen LogP contribution in [0.3, 0.4) is 0 Å². The van der Waals surface area contributed by atoms with Gasteiger partial charge in [-0.3, -0.25) is 14.3 Å². The van der Waals surface area contributed by atoms with Crippen LogP contribution in [-0.4, -0.2) is 32.5 Å². The van der Waals surface area contributed by atoms with Gasteiger partial charge in [0.2, 0.25) is 0 Å². The fraction of sp³-hybridized carbons (Fsp3) is 0.391. The molecule has 1 saturated carbocycles. The Kier molecular flexibility index (Phi) is 4.89. The second-order valence-corrected chi connectivity index (χ2v) is 9.51. The second-order valence-electron chi connectivity index (χ2n) is 8.45. The van der Waals surface area contributed by atoms with Gasteiger partial charge in [0.1, 0.15) is 12.2 Å². The number of nitrogens with zero attached hydrogens (tertiary/aromatic N) is 3. The number of nitrogen functional groups attached to an aromatic ring is 1. The van der Waals surface area contributed by atoms with Crippen LogP contribution < -0.4 is 11.1 Å². The predicted molar refractivity (Wildman–Crippen MR) is 119 cm³/mol. The van der Waals surface area contributed by atoms with E-state index in [9.17, 15) is 9.59 Å². The molecular weight excluding hydrogens is 410 g/mol. The first-order chi connectivity index (χ1) is 15.0. The van der Waals surface area contributed by atoms with E-state index < -0.39 is 5.41 Å². The molecule has 3 N–H and O–H groups in total. The van der Waals surface area contributed by atoms with E-state index in [-0.39, 0.29) is 17.7 Å². The maximum atomic E-state index is 14.0. The summed E-state index contributed by atoms with van der Waals surface area (Å²) < 4.78 is 1.84. The van der Waals surface area contributed by atoms with E-state index >= 15 is 0 Å². The van der Waals surface area contributed by atoms with Crippen molar-refractivity contribution in [2.75, 3.05) is 5.73 Å². The van der Waals surface area contributed by atoms with Gasteiger partial charge < -0.3 is 11.1 Å². The average Bonchev–Trinajstić information content (AvgIpc) is 3.38. The molecule has 0 radical (unpaired) electrons. The molecule has 1 amide bonds. The molecule has 8 heteroatoms. The fourth-order valence-electron chi connectivity index (χ4n) is 4.56. The van der Waals surface area contributed by atoms with Crippen LogP contribution in [0.25, 0.3) is 0 Å². The van der Waals surface area contributed by atoms with Crippen LogP contribution in [0.2, 0.25) is 0 Å². The number of thiophene rings is 1. The molecule has 1 unspecified atom stereocenters. The van der Waals surface area contributed by atoms with Crippen molar-refractivity contribution < 1.29 is 9.59 Å². The topological polar surface area (TPSA) is 103 Å². The molecule has 2 aromatic heterocycles. The van der Waals surface area contributed by atoms with Gasteiger partial charge in [0.15, 0.2) is 5.78 Å². The summed E-state index contributed by atoms with van der Waals surface area (Å²) in [5.41, 5.74) is 7.91. The Balaban J connectivity index is 1.52. The number of aromatic nitrogens is 3. The molecule has 7 nitrogen and oxygen atoms in total. The molecule has 31 heavy (non-hydrogen) atoms. The SMILES string of the molecule is Cc1ncnn1CCC1(c2ccccc2)CCc2c(sc(N)c2C(=O)NC2CC2)C1=O. The Morgan fingerprint density at radius 3 is 2.77 bits per heavy atom. The molecular formula is C23H25N5O2S. The Morgan fingerprint density at radius 2 is 2.10 bits per heavy atom. The predicted octanol–water partition coefficient (Wildman–Crippen LogP) is 3.28. The maximum absolute atomic E-state index is 14.0. The monoisotopic (exact) mass is 435 g/mol. The number of nitrogens with two attached hydrogens (primary N) is 1. The molecule has 0 aliphatic heterocycles. The van der Waals surface area contributed by atoms with Gasteiger partial charge in [-0.2, -0.15) is 5.10 Å². The fourth-order valence-corrected chi connectivity index (χ4v) is 5.72. The zero-order valence-corrected chi connectivity index (χ0v) is 18.2. The van der Waals surface area contributed by atoms with Gasteiger partial charge in [-0.1, -0.05) is 30.3 Å². The molecule has 2 aliphatic carbocycles. The lowest BCUT2D eigenvalue weighted by molar-refractivity contribution is 0.0847. The first-order valence-corrected chi connectivity index (χ1v) is 11.5. The van der Waals surface area contributed by atoms with Crippen molar-refractivity contribution in [2.24, 2.45) is 0 Å². The summed E-state index contributed by atoms with van der Waals surface area (Å²) in [6, 6.07) is 10.2. The highest BCUT2D eigenvalue weighted by Gasteiger charge is 2.46. The van der Waals surface area contributed by atoms with E-state index in [4.69, 9.17) is 5.73 Å². The largest absolute Gasteiger partial charge is 0.390 e. The van der Waals surface area contributed by atoms with Crippen LogP contribution >= 0.6 is 11.3 Å². The number of carbonyl (C=O) groups is 2. The minimum absolute atomic E-state index is 0.0555. The van der Waals surface area contributed by atoms with Crippen molar-refractivity contribution in [2.45, 2.75) is 57.0 Å². The van der Waals surface area contributed by atoms with Crippen LogP contribution in [0.5, 0.6) is 0 Å². The molecule has 0 spiro atoms. The number of nitrogens with one attached hydrogen (secondary N) is 1. The number of anilines is 1. The van der Waals surface area contributed by atoms with Crippen molar-refractivity contribution in [3.8, 4) is 0 Å². The zero-order valence-electron chi connectivity index (χ0n) is 17.4. The van der Waals surface area contributed by atoms with E-state index in [1.807, 2.05) is 41.9 Å². The van der Waals surface area contributed by atoms with E-state index in [1.165, 1.54) is 17.7 Å². The number of ketones is 1. The highest BCUT2D eigenvalue weighted by Crippen LogP contribution is 2.46. The Labute approximate surface area is 184 Å². The minimum Gasteiger partial charge on any atom is -0.390 e. The van der Waals surface area contributed by atoms with Crippen LogP contribution in [-0.2, 0) is 18.4 Å². The number of Topliss-reactive ketones (excluding diaryl/α,β-unsaturated/α-hetero) is 1. The first kappa shape index (κ1) is 19.9. The number of benzene rings is 1. The number of fused-ring (bicyclic) bond motifs is 1. The van der Waals surface area contributed by atoms with Crippen molar-refractivity contribution in [3.05, 3.63) is 64.1 Å². The number of aryl methyl sites for hydroxylation is 2. The Hall–Kier alpha value is -3.00. The second kappa shape index (κ2) is 7.60. The Bertz CT molecular complexity index is 1150. The van der Waals surface area contributed by atoms with Crippen LogP contribution in [0.4, 0.5) is 5.00 Å².